The number of alkyl halides is 3. The highest BCUT2D eigenvalue weighted by Gasteiger charge is 2.35. The molecule has 282 valence electrons. The summed E-state index contributed by atoms with van der Waals surface area (Å²) in [7, 11) is 0. The van der Waals surface area contributed by atoms with E-state index in [2.05, 4.69) is 15.6 Å². The molecule has 0 saturated carbocycles. The van der Waals surface area contributed by atoms with E-state index >= 15 is 0 Å². The lowest BCUT2D eigenvalue weighted by Crippen LogP contribution is -2.46. The van der Waals surface area contributed by atoms with E-state index in [-0.39, 0.29) is 29.5 Å². The Morgan fingerprint density at radius 2 is 1.65 bits per heavy atom. The number of carbonyl (C=O) groups excluding carboxylic acids is 2. The lowest BCUT2D eigenvalue weighted by atomic mass is 9.99. The number of imidazole rings is 1. The second kappa shape index (κ2) is 14.6. The number of amides is 3. The van der Waals surface area contributed by atoms with Gasteiger partial charge in [-0.25, -0.2) is 9.78 Å². The average molecular weight is 787 g/mol. The molecule has 6 aromatic rings. The van der Waals surface area contributed by atoms with Crippen LogP contribution in [0.3, 0.4) is 0 Å². The zero-order valence-corrected chi connectivity index (χ0v) is 31.1. The first kappa shape index (κ1) is 36.5. The number of carbonyl (C=O) groups is 2. The number of anilines is 2. The largest absolute Gasteiger partial charge is 0.416 e. The number of rotatable bonds is 8. The molecule has 0 aliphatic carbocycles. The van der Waals surface area contributed by atoms with Gasteiger partial charge in [-0.3, -0.25) is 4.79 Å². The van der Waals surface area contributed by atoms with E-state index in [1.807, 2.05) is 82.0 Å². The van der Waals surface area contributed by atoms with Gasteiger partial charge >= 0.3 is 12.2 Å². The molecule has 2 aliphatic heterocycles. The van der Waals surface area contributed by atoms with Crippen LogP contribution in [0.1, 0.15) is 47.4 Å². The summed E-state index contributed by atoms with van der Waals surface area (Å²) in [6.45, 7) is 4.20. The van der Waals surface area contributed by atoms with Crippen molar-refractivity contribution in [3.8, 4) is 22.5 Å². The van der Waals surface area contributed by atoms with Crippen LogP contribution in [0.2, 0.25) is 10.0 Å². The van der Waals surface area contributed by atoms with E-state index in [4.69, 9.17) is 28.2 Å². The van der Waals surface area contributed by atoms with Gasteiger partial charge in [0.05, 0.1) is 40.7 Å². The summed E-state index contributed by atoms with van der Waals surface area (Å²) in [4.78, 5) is 39.0. The summed E-state index contributed by atoms with van der Waals surface area (Å²) in [5.41, 5.74) is 3.79. The summed E-state index contributed by atoms with van der Waals surface area (Å²) in [5.74, 6) is -0.641. The zero-order valence-electron chi connectivity index (χ0n) is 29.6. The van der Waals surface area contributed by atoms with Gasteiger partial charge in [-0.15, -0.1) is 0 Å². The van der Waals surface area contributed by atoms with Gasteiger partial charge < -0.3 is 30.0 Å². The van der Waals surface area contributed by atoms with Crippen LogP contribution in [0.15, 0.2) is 97.3 Å². The van der Waals surface area contributed by atoms with Crippen molar-refractivity contribution in [3.63, 3.8) is 0 Å². The van der Waals surface area contributed by atoms with Crippen LogP contribution < -0.4 is 15.5 Å². The first-order valence-electron chi connectivity index (χ1n) is 18.0. The fourth-order valence-corrected chi connectivity index (χ4v) is 8.02. The minimum absolute atomic E-state index is 0.0193. The average Bonchev–Trinajstić information content (AvgIpc) is 3.91. The van der Waals surface area contributed by atoms with E-state index in [0.29, 0.717) is 82.6 Å². The maximum atomic E-state index is 14.7. The zero-order chi connectivity index (χ0) is 38.4. The van der Waals surface area contributed by atoms with Gasteiger partial charge in [0.2, 0.25) is 0 Å². The molecule has 3 N–H and O–H groups in total. The molecule has 0 radical (unpaired) electrons. The monoisotopic (exact) mass is 785 g/mol. The molecular weight excluding hydrogens is 750 g/mol. The van der Waals surface area contributed by atoms with Crippen LogP contribution in [0, 0.1) is 0 Å². The maximum absolute atomic E-state index is 14.7. The lowest BCUT2D eigenvalue weighted by Gasteiger charge is -2.38. The van der Waals surface area contributed by atoms with E-state index < -0.39 is 17.6 Å². The summed E-state index contributed by atoms with van der Waals surface area (Å²) < 4.78 is 44.5. The molecule has 0 unspecified atom stereocenters. The second-order valence-electron chi connectivity index (χ2n) is 13.8. The number of nitrogens with zero attached hydrogens (tertiary/aromatic N) is 4. The topological polar surface area (TPSA) is 98.3 Å². The van der Waals surface area contributed by atoms with Gasteiger partial charge in [0.15, 0.2) is 0 Å². The Morgan fingerprint density at radius 1 is 0.927 bits per heavy atom. The Labute approximate surface area is 325 Å². The van der Waals surface area contributed by atoms with Crippen LogP contribution in [0.4, 0.5) is 29.3 Å². The number of aromatic nitrogens is 3. The predicted molar refractivity (Wildman–Crippen MR) is 210 cm³/mol. The third-order valence-electron chi connectivity index (χ3n) is 10.5. The highest BCUT2D eigenvalue weighted by Crippen LogP contribution is 2.43. The van der Waals surface area contributed by atoms with Crippen molar-refractivity contribution < 1.29 is 22.8 Å². The minimum Gasteiger partial charge on any atom is -0.370 e. The fraction of sp³-hybridized carbons (Fsp3) is 0.244. The van der Waals surface area contributed by atoms with Gasteiger partial charge in [0.25, 0.3) is 5.91 Å². The van der Waals surface area contributed by atoms with Crippen molar-refractivity contribution in [2.75, 3.05) is 36.4 Å². The number of nitrogens with one attached hydrogen (secondary N) is 3. The maximum Gasteiger partial charge on any atom is 0.416 e. The smallest absolute Gasteiger partial charge is 0.370 e. The molecule has 3 amide bonds. The first-order chi connectivity index (χ1) is 26.5. The summed E-state index contributed by atoms with van der Waals surface area (Å²) in [6, 6.07) is 25.4. The standard InChI is InChI=1S/C41H36Cl2F3N7O2/c1-24(25-7-10-28(42)11-8-25)53-23-48-36(26-5-3-2-4-6-26)38(53)35-31-13-12-29(43)22-32(31)49-37(35)39(54)50-33-21-27(41(44,45)46)9-14-34(33)51-18-15-30(16-19-51)52-20-17-47-40(52)55/h2-14,21-24,30,49H,15-20H2,1H3,(H,47,55)(H,50,54)/t24-/m0/s1. The lowest BCUT2D eigenvalue weighted by molar-refractivity contribution is -0.137. The van der Waals surface area contributed by atoms with E-state index in [9.17, 15) is 22.8 Å². The molecule has 2 fully saturated rings. The number of piperidine rings is 1. The number of benzene rings is 4. The van der Waals surface area contributed by atoms with Crippen molar-refractivity contribution >= 4 is 57.4 Å². The number of urea groups is 1. The quantitative estimate of drug-likeness (QED) is 0.143. The van der Waals surface area contributed by atoms with Gasteiger partial charge in [-0.1, -0.05) is 71.7 Å². The number of fused-ring (bicyclic) bond motifs is 1. The van der Waals surface area contributed by atoms with E-state index in [1.165, 1.54) is 6.07 Å². The van der Waals surface area contributed by atoms with Crippen LogP contribution >= 0.6 is 23.2 Å². The predicted octanol–water partition coefficient (Wildman–Crippen LogP) is 9.88. The second-order valence-corrected chi connectivity index (χ2v) is 14.7. The first-order valence-corrected chi connectivity index (χ1v) is 18.7. The highest BCUT2D eigenvalue weighted by molar-refractivity contribution is 6.31. The van der Waals surface area contributed by atoms with Crippen LogP contribution in [-0.2, 0) is 6.18 Å². The van der Waals surface area contributed by atoms with Crippen molar-refractivity contribution in [1.82, 2.24) is 24.8 Å². The molecular formula is C41H36Cl2F3N7O2. The van der Waals surface area contributed by atoms with Gasteiger partial charge in [-0.2, -0.15) is 13.2 Å². The number of halogens is 5. The Morgan fingerprint density at radius 3 is 2.35 bits per heavy atom. The molecule has 1 atom stereocenters. The molecule has 4 aromatic carbocycles. The van der Waals surface area contributed by atoms with E-state index in [1.54, 1.807) is 18.5 Å². The summed E-state index contributed by atoms with van der Waals surface area (Å²) in [5, 5.41) is 7.41. The van der Waals surface area contributed by atoms with Crippen molar-refractivity contribution in [3.05, 3.63) is 124 Å². The molecule has 9 nitrogen and oxygen atoms in total. The van der Waals surface area contributed by atoms with Gasteiger partial charge in [-0.05, 0) is 67.8 Å². The molecule has 14 heteroatoms. The third kappa shape index (κ3) is 7.12. The Hall–Kier alpha value is -5.46. The van der Waals surface area contributed by atoms with Crippen molar-refractivity contribution in [1.29, 1.82) is 0 Å². The number of hydrogen-bond acceptors (Lipinski definition) is 4. The fourth-order valence-electron chi connectivity index (χ4n) is 7.72. The molecule has 2 aliphatic rings. The van der Waals surface area contributed by atoms with Crippen LogP contribution in [0.25, 0.3) is 33.4 Å². The molecule has 4 heterocycles. The Balaban J connectivity index is 1.23. The summed E-state index contributed by atoms with van der Waals surface area (Å²) in [6.07, 6.45) is -1.65. The molecule has 0 bridgehead atoms. The Bertz CT molecular complexity index is 2390. The number of aromatic amines is 1. The molecule has 2 saturated heterocycles. The summed E-state index contributed by atoms with van der Waals surface area (Å²) >= 11 is 12.7. The normalized spacial score (nSPS) is 15.8. The van der Waals surface area contributed by atoms with Crippen molar-refractivity contribution in [2.24, 2.45) is 0 Å². The SMILES string of the molecule is C[C@@H](c1ccc(Cl)cc1)n1cnc(-c2ccccc2)c1-c1c(C(=O)Nc2cc(C(F)(F)F)ccc2N2CCC(N3CCNC3=O)CC2)[nH]c2cc(Cl)ccc12. The number of H-pyrrole nitrogens is 1. The van der Waals surface area contributed by atoms with Crippen LogP contribution in [0.5, 0.6) is 0 Å². The van der Waals surface area contributed by atoms with Crippen molar-refractivity contribution in [2.45, 2.75) is 38.0 Å². The Kier molecular flexibility index (Phi) is 9.72. The number of hydrogen-bond donors (Lipinski definition) is 3. The third-order valence-corrected chi connectivity index (χ3v) is 11.0. The molecule has 0 spiro atoms. The molecule has 2 aromatic heterocycles. The molecule has 55 heavy (non-hydrogen) atoms. The molecule has 8 rings (SSSR count). The minimum atomic E-state index is -4.65. The van der Waals surface area contributed by atoms with Gasteiger partial charge in [0, 0.05) is 64.3 Å². The van der Waals surface area contributed by atoms with E-state index in [0.717, 1.165) is 23.3 Å². The van der Waals surface area contributed by atoms with Crippen LogP contribution in [-0.4, -0.2) is 63.6 Å². The van der Waals surface area contributed by atoms with Gasteiger partial charge in [0.1, 0.15) is 5.69 Å². The highest BCUT2D eigenvalue weighted by atomic mass is 35.5.